The summed E-state index contributed by atoms with van der Waals surface area (Å²) in [5.74, 6) is -2.85. The van der Waals surface area contributed by atoms with E-state index in [0.717, 1.165) is 31.5 Å². The van der Waals surface area contributed by atoms with Crippen LogP contribution in [-0.4, -0.2) is 60.0 Å². The summed E-state index contributed by atoms with van der Waals surface area (Å²) in [4.78, 5) is 36.5. The minimum Gasteiger partial charge on any atom is -0.497 e. The average molecular weight is 471 g/mol. The second-order valence-electron chi connectivity index (χ2n) is 6.90. The molecule has 0 spiro atoms. The smallest absolute Gasteiger partial charge is 0.341 e. The Bertz CT molecular complexity index is 1140. The quantitative estimate of drug-likeness (QED) is 0.384. The van der Waals surface area contributed by atoms with E-state index in [1.165, 1.54) is 17.4 Å². The van der Waals surface area contributed by atoms with E-state index in [-0.39, 0.29) is 11.4 Å². The highest BCUT2D eigenvalue weighted by molar-refractivity contribution is 7.18. The molecule has 0 saturated heterocycles. The Morgan fingerprint density at radius 1 is 0.818 bits per heavy atom. The Labute approximate surface area is 193 Å². The van der Waals surface area contributed by atoms with Crippen molar-refractivity contribution in [3.8, 4) is 32.4 Å². The van der Waals surface area contributed by atoms with Gasteiger partial charge in [0.05, 0.1) is 12.8 Å². The maximum Gasteiger partial charge on any atom is 0.341 e. The van der Waals surface area contributed by atoms with Gasteiger partial charge in [0, 0.05) is 9.75 Å². The first-order valence-corrected chi connectivity index (χ1v) is 10.5. The summed E-state index contributed by atoms with van der Waals surface area (Å²) < 4.78 is 10.6. The lowest BCUT2D eigenvalue weighted by molar-refractivity contribution is -0.140. The van der Waals surface area contributed by atoms with E-state index in [0.29, 0.717) is 0 Å². The molecular formula is C23H21NO8S. The third-order valence-corrected chi connectivity index (χ3v) is 5.75. The monoisotopic (exact) mass is 471 g/mol. The van der Waals surface area contributed by atoms with E-state index in [1.807, 2.05) is 36.4 Å². The molecule has 0 aliphatic rings. The molecule has 0 aliphatic heterocycles. The average Bonchev–Trinajstić information content (AvgIpc) is 3.27. The molecule has 0 amide bonds. The van der Waals surface area contributed by atoms with Crippen molar-refractivity contribution >= 4 is 34.9 Å². The van der Waals surface area contributed by atoms with Crippen molar-refractivity contribution in [2.75, 3.05) is 31.7 Å². The summed E-state index contributed by atoms with van der Waals surface area (Å²) in [7, 11) is 1.60. The summed E-state index contributed by atoms with van der Waals surface area (Å²) in [5, 5.41) is 27.4. The Balaban J connectivity index is 1.96. The molecule has 2 aromatic carbocycles. The highest BCUT2D eigenvalue weighted by Gasteiger charge is 2.20. The zero-order valence-electron chi connectivity index (χ0n) is 17.6. The first-order chi connectivity index (χ1) is 15.8. The predicted octanol–water partition coefficient (Wildman–Crippen LogP) is 3.53. The minimum atomic E-state index is -1.23. The highest BCUT2D eigenvalue weighted by Crippen LogP contribution is 2.39. The molecule has 0 aliphatic carbocycles. The van der Waals surface area contributed by atoms with Gasteiger partial charge in [0.2, 0.25) is 0 Å². The first-order valence-electron chi connectivity index (χ1n) is 9.68. The van der Waals surface area contributed by atoms with E-state index in [9.17, 15) is 14.4 Å². The van der Waals surface area contributed by atoms with E-state index in [4.69, 9.17) is 24.8 Å². The largest absolute Gasteiger partial charge is 0.497 e. The second kappa shape index (κ2) is 10.5. The van der Waals surface area contributed by atoms with Gasteiger partial charge in [0.15, 0.2) is 6.61 Å². The van der Waals surface area contributed by atoms with Crippen molar-refractivity contribution in [2.45, 2.75) is 0 Å². The number of ether oxygens (including phenoxy) is 2. The molecule has 0 fully saturated rings. The van der Waals surface area contributed by atoms with Crippen LogP contribution in [-0.2, 0) is 14.4 Å². The molecular weight excluding hydrogens is 450 g/mol. The number of carbonyl (C=O) groups is 3. The number of benzene rings is 2. The molecule has 172 valence electrons. The van der Waals surface area contributed by atoms with Crippen LogP contribution in [0.5, 0.6) is 11.5 Å². The van der Waals surface area contributed by atoms with Crippen molar-refractivity contribution in [3.05, 3.63) is 54.6 Å². The number of hydrogen-bond acceptors (Lipinski definition) is 7. The lowest BCUT2D eigenvalue weighted by Gasteiger charge is -2.23. The van der Waals surface area contributed by atoms with Crippen LogP contribution in [0.3, 0.4) is 0 Å². The van der Waals surface area contributed by atoms with Crippen molar-refractivity contribution in [1.29, 1.82) is 0 Å². The van der Waals surface area contributed by atoms with E-state index in [1.54, 1.807) is 19.2 Å². The second-order valence-corrected chi connectivity index (χ2v) is 7.98. The fourth-order valence-electron chi connectivity index (χ4n) is 3.14. The van der Waals surface area contributed by atoms with E-state index in [2.05, 4.69) is 0 Å². The van der Waals surface area contributed by atoms with Gasteiger partial charge < -0.3 is 29.7 Å². The van der Waals surface area contributed by atoms with Crippen LogP contribution in [0.2, 0.25) is 0 Å². The lowest BCUT2D eigenvalue weighted by atomic mass is 10.1. The molecule has 3 aromatic rings. The molecule has 0 radical (unpaired) electrons. The highest BCUT2D eigenvalue weighted by atomic mass is 32.1. The van der Waals surface area contributed by atoms with Crippen LogP contribution in [0.15, 0.2) is 54.6 Å². The van der Waals surface area contributed by atoms with Gasteiger partial charge in [-0.2, -0.15) is 0 Å². The van der Waals surface area contributed by atoms with Gasteiger partial charge in [-0.05, 0) is 59.7 Å². The topological polar surface area (TPSA) is 134 Å². The summed E-state index contributed by atoms with van der Waals surface area (Å²) >= 11 is 1.51. The van der Waals surface area contributed by atoms with Gasteiger partial charge >= 0.3 is 17.9 Å². The van der Waals surface area contributed by atoms with Gasteiger partial charge in [-0.15, -0.1) is 11.3 Å². The number of hydrogen-bond donors (Lipinski definition) is 3. The number of anilines is 1. The van der Waals surface area contributed by atoms with Crippen LogP contribution in [0, 0.1) is 0 Å². The first kappa shape index (κ1) is 23.6. The molecule has 0 atom stereocenters. The molecule has 1 aromatic heterocycles. The maximum absolute atomic E-state index is 11.2. The standard InChI is InChI=1S/C23H21NO8S/c1-31-16-5-2-14(3-6-16)19-8-9-20(33-19)15-4-7-17(18(10-15)32-13-23(29)30)24(11-21(25)26)12-22(27)28/h2-10H,11-13H2,1H3,(H,25,26)(H,27,28)(H,29,30). The van der Waals surface area contributed by atoms with E-state index < -0.39 is 37.6 Å². The molecule has 1 heterocycles. The van der Waals surface area contributed by atoms with Crippen molar-refractivity contribution in [3.63, 3.8) is 0 Å². The number of thiophene rings is 1. The molecule has 0 saturated carbocycles. The normalized spacial score (nSPS) is 10.5. The lowest BCUT2D eigenvalue weighted by Crippen LogP contribution is -2.34. The number of aliphatic carboxylic acids is 3. The third kappa shape index (κ3) is 6.23. The minimum absolute atomic E-state index is 0.0804. The Morgan fingerprint density at radius 2 is 1.39 bits per heavy atom. The fourth-order valence-corrected chi connectivity index (χ4v) is 4.15. The summed E-state index contributed by atoms with van der Waals surface area (Å²) in [6, 6.07) is 16.3. The maximum atomic E-state index is 11.2. The van der Waals surface area contributed by atoms with Gasteiger partial charge in [0.1, 0.15) is 24.6 Å². The van der Waals surface area contributed by atoms with Crippen molar-refractivity contribution < 1.29 is 39.2 Å². The summed E-state index contributed by atoms with van der Waals surface area (Å²) in [6.07, 6.45) is 0. The number of methoxy groups -OCH3 is 1. The zero-order chi connectivity index (χ0) is 24.0. The summed E-state index contributed by atoms with van der Waals surface area (Å²) in [5.41, 5.74) is 1.89. The molecule has 10 heteroatoms. The molecule has 0 bridgehead atoms. The molecule has 0 unspecified atom stereocenters. The summed E-state index contributed by atoms with van der Waals surface area (Å²) in [6.45, 7) is -1.84. The molecule has 9 nitrogen and oxygen atoms in total. The number of carboxylic acid groups (broad SMARTS) is 3. The zero-order valence-corrected chi connectivity index (χ0v) is 18.4. The predicted molar refractivity (Wildman–Crippen MR) is 122 cm³/mol. The SMILES string of the molecule is COc1ccc(-c2ccc(-c3ccc(N(CC(=O)O)CC(=O)O)c(OCC(=O)O)c3)s2)cc1. The third-order valence-electron chi connectivity index (χ3n) is 4.57. The Kier molecular flexibility index (Phi) is 7.52. The van der Waals surface area contributed by atoms with Gasteiger partial charge in [-0.1, -0.05) is 6.07 Å². The van der Waals surface area contributed by atoms with Crippen LogP contribution < -0.4 is 14.4 Å². The van der Waals surface area contributed by atoms with Gasteiger partial charge in [0.25, 0.3) is 0 Å². The van der Waals surface area contributed by atoms with Crippen molar-refractivity contribution in [2.24, 2.45) is 0 Å². The van der Waals surface area contributed by atoms with Crippen LogP contribution in [0.25, 0.3) is 20.9 Å². The number of nitrogens with zero attached hydrogens (tertiary/aromatic N) is 1. The van der Waals surface area contributed by atoms with E-state index >= 15 is 0 Å². The van der Waals surface area contributed by atoms with Crippen LogP contribution in [0.4, 0.5) is 5.69 Å². The molecule has 33 heavy (non-hydrogen) atoms. The Hall–Kier alpha value is -4.05. The van der Waals surface area contributed by atoms with Crippen LogP contribution in [0.1, 0.15) is 0 Å². The molecule has 3 N–H and O–H groups in total. The van der Waals surface area contributed by atoms with Gasteiger partial charge in [-0.3, -0.25) is 9.59 Å². The fraction of sp³-hybridized carbons (Fsp3) is 0.174. The number of carboxylic acids is 3. The number of rotatable bonds is 11. The van der Waals surface area contributed by atoms with Crippen molar-refractivity contribution in [1.82, 2.24) is 0 Å². The van der Waals surface area contributed by atoms with Crippen LogP contribution >= 0.6 is 11.3 Å². The molecule has 3 rings (SSSR count). The Morgan fingerprint density at radius 3 is 1.94 bits per heavy atom. The van der Waals surface area contributed by atoms with Gasteiger partial charge in [-0.25, -0.2) is 4.79 Å².